The van der Waals surface area contributed by atoms with Crippen molar-refractivity contribution < 1.29 is 18.0 Å². The highest BCUT2D eigenvalue weighted by Crippen LogP contribution is 2.29. The van der Waals surface area contributed by atoms with Crippen molar-refractivity contribution in [3.8, 4) is 11.1 Å². The second kappa shape index (κ2) is 11.7. The largest absolute Gasteiger partial charge is 0.416 e. The minimum absolute atomic E-state index is 0.105. The summed E-state index contributed by atoms with van der Waals surface area (Å²) in [4.78, 5) is 31.1. The normalized spacial score (nSPS) is 14.3. The van der Waals surface area contributed by atoms with E-state index in [1.165, 1.54) is 17.7 Å². The van der Waals surface area contributed by atoms with Crippen LogP contribution < -0.4 is 4.90 Å². The van der Waals surface area contributed by atoms with Gasteiger partial charge in [0.25, 0.3) is 0 Å². The van der Waals surface area contributed by atoms with Gasteiger partial charge in [-0.2, -0.15) is 13.2 Å². The number of fused-ring (bicyclic) bond motifs is 1. The van der Waals surface area contributed by atoms with Gasteiger partial charge in [0, 0.05) is 57.1 Å². The molecule has 1 aliphatic rings. The molecule has 1 aliphatic heterocycles. The molecule has 0 aliphatic carbocycles. The van der Waals surface area contributed by atoms with Crippen molar-refractivity contribution in [2.75, 3.05) is 31.1 Å². The minimum atomic E-state index is -4.43. The number of nitrogens with zero attached hydrogens (tertiary/aromatic N) is 5. The number of benzene rings is 3. The number of ketones is 1. The van der Waals surface area contributed by atoms with Gasteiger partial charge in [-0.1, -0.05) is 48.5 Å². The molecule has 2 aromatic heterocycles. The molecule has 6 rings (SSSR count). The highest BCUT2D eigenvalue weighted by atomic mass is 19.4. The van der Waals surface area contributed by atoms with Crippen LogP contribution in [0.15, 0.2) is 97.5 Å². The van der Waals surface area contributed by atoms with Crippen LogP contribution in [-0.2, 0) is 19.1 Å². The molecule has 1 saturated heterocycles. The van der Waals surface area contributed by atoms with E-state index >= 15 is 0 Å². The predicted octanol–water partition coefficient (Wildman–Crippen LogP) is 6.46. The zero-order valence-corrected chi connectivity index (χ0v) is 22.8. The summed E-state index contributed by atoms with van der Waals surface area (Å²) in [5, 5.41) is 0. The Morgan fingerprint density at radius 2 is 1.52 bits per heavy atom. The highest BCUT2D eigenvalue weighted by Gasteiger charge is 2.30. The molecule has 3 heterocycles. The molecule has 212 valence electrons. The Kier molecular flexibility index (Phi) is 7.67. The van der Waals surface area contributed by atoms with Gasteiger partial charge in [-0.25, -0.2) is 4.98 Å². The number of Topliss-reactive ketones (excluding diaryl/α,β-unsaturated/α-hetero) is 1. The topological polar surface area (TPSA) is 62.2 Å². The minimum Gasteiger partial charge on any atom is -0.353 e. The number of halogens is 3. The fourth-order valence-corrected chi connectivity index (χ4v) is 5.17. The molecule has 0 saturated carbocycles. The van der Waals surface area contributed by atoms with E-state index in [1.807, 2.05) is 60.9 Å². The van der Waals surface area contributed by atoms with E-state index in [4.69, 9.17) is 4.98 Å². The van der Waals surface area contributed by atoms with Crippen LogP contribution >= 0.6 is 0 Å². The van der Waals surface area contributed by atoms with Crippen LogP contribution in [-0.4, -0.2) is 51.8 Å². The van der Waals surface area contributed by atoms with E-state index in [1.54, 1.807) is 6.20 Å². The van der Waals surface area contributed by atoms with Crippen molar-refractivity contribution in [3.63, 3.8) is 0 Å². The summed E-state index contributed by atoms with van der Waals surface area (Å²) in [7, 11) is 0. The molecule has 0 amide bonds. The van der Waals surface area contributed by atoms with Gasteiger partial charge >= 0.3 is 6.18 Å². The van der Waals surface area contributed by atoms with E-state index in [2.05, 4.69) is 25.8 Å². The summed E-state index contributed by atoms with van der Waals surface area (Å²) in [6, 6.07) is 22.0. The van der Waals surface area contributed by atoms with E-state index < -0.39 is 11.7 Å². The summed E-state index contributed by atoms with van der Waals surface area (Å²) in [5.74, 6) is 0.626. The quantitative estimate of drug-likeness (QED) is 0.211. The number of carbonyl (C=O) groups is 1. The first kappa shape index (κ1) is 27.5. The average Bonchev–Trinajstić information content (AvgIpc) is 3.01. The molecule has 0 unspecified atom stereocenters. The Hall–Kier alpha value is -4.63. The van der Waals surface area contributed by atoms with Gasteiger partial charge in [0.2, 0.25) is 0 Å². The third-order valence-corrected chi connectivity index (χ3v) is 7.54. The molecule has 0 radical (unpaired) electrons. The number of piperazine rings is 1. The van der Waals surface area contributed by atoms with Crippen molar-refractivity contribution in [2.45, 2.75) is 19.1 Å². The third-order valence-electron chi connectivity index (χ3n) is 7.54. The van der Waals surface area contributed by atoms with Gasteiger partial charge in [0.15, 0.2) is 5.78 Å². The first-order valence-corrected chi connectivity index (χ1v) is 13.7. The van der Waals surface area contributed by atoms with Gasteiger partial charge in [0.1, 0.15) is 5.82 Å². The van der Waals surface area contributed by atoms with Gasteiger partial charge in [-0.15, -0.1) is 0 Å². The van der Waals surface area contributed by atoms with Gasteiger partial charge in [-0.05, 0) is 52.6 Å². The van der Waals surface area contributed by atoms with Crippen molar-refractivity contribution >= 4 is 22.6 Å². The first-order chi connectivity index (χ1) is 20.3. The molecule has 1 fully saturated rings. The van der Waals surface area contributed by atoms with Crippen LogP contribution in [0.2, 0.25) is 0 Å². The predicted molar refractivity (Wildman–Crippen MR) is 156 cm³/mol. The van der Waals surface area contributed by atoms with Crippen molar-refractivity contribution in [3.05, 3.63) is 120 Å². The van der Waals surface area contributed by atoms with Crippen LogP contribution in [0.1, 0.15) is 27.0 Å². The molecule has 42 heavy (non-hydrogen) atoms. The molecule has 3 aromatic carbocycles. The van der Waals surface area contributed by atoms with Gasteiger partial charge < -0.3 is 4.90 Å². The van der Waals surface area contributed by atoms with Crippen molar-refractivity contribution in [2.24, 2.45) is 0 Å². The number of hydrogen-bond donors (Lipinski definition) is 0. The number of hydrogen-bond acceptors (Lipinski definition) is 6. The maximum Gasteiger partial charge on any atom is 0.416 e. The first-order valence-electron chi connectivity index (χ1n) is 13.7. The Bertz CT molecular complexity index is 1680. The van der Waals surface area contributed by atoms with E-state index in [9.17, 15) is 18.0 Å². The van der Waals surface area contributed by atoms with E-state index in [-0.39, 0.29) is 17.8 Å². The van der Waals surface area contributed by atoms with Crippen LogP contribution in [0.5, 0.6) is 0 Å². The second-order valence-corrected chi connectivity index (χ2v) is 10.4. The molecular formula is C33H28F3N5O. The molecule has 0 spiro atoms. The highest BCUT2D eigenvalue weighted by molar-refractivity contribution is 5.97. The lowest BCUT2D eigenvalue weighted by Gasteiger charge is -2.35. The SMILES string of the molecule is O=C(Cc1ccc(-c2ccc3ncc(N4CCN(Cc5cccnc5)CC4)nc3c2)cc1)c1ccc(C(F)(F)F)cc1. The maximum absolute atomic E-state index is 12.8. The molecule has 0 N–H and O–H groups in total. The summed E-state index contributed by atoms with van der Waals surface area (Å²) in [6.07, 6.45) is 1.21. The fraction of sp³-hybridized carbons (Fsp3) is 0.212. The lowest BCUT2D eigenvalue weighted by atomic mass is 9.99. The molecule has 0 bridgehead atoms. The smallest absolute Gasteiger partial charge is 0.353 e. The fourth-order valence-electron chi connectivity index (χ4n) is 5.17. The zero-order valence-electron chi connectivity index (χ0n) is 22.8. The van der Waals surface area contributed by atoms with Gasteiger partial charge in [0.05, 0.1) is 22.8 Å². The lowest BCUT2D eigenvalue weighted by molar-refractivity contribution is -0.137. The van der Waals surface area contributed by atoms with Crippen LogP contribution in [0.25, 0.3) is 22.2 Å². The number of rotatable bonds is 7. The number of aromatic nitrogens is 3. The van der Waals surface area contributed by atoms with E-state index in [0.29, 0.717) is 0 Å². The molecule has 9 heteroatoms. The zero-order chi connectivity index (χ0) is 29.1. The van der Waals surface area contributed by atoms with Crippen LogP contribution in [0.3, 0.4) is 0 Å². The molecule has 6 nitrogen and oxygen atoms in total. The monoisotopic (exact) mass is 567 g/mol. The number of carbonyl (C=O) groups excluding carboxylic acids is 1. The molecule has 0 atom stereocenters. The van der Waals surface area contributed by atoms with Crippen LogP contribution in [0, 0.1) is 0 Å². The molecular weight excluding hydrogens is 539 g/mol. The van der Waals surface area contributed by atoms with Crippen molar-refractivity contribution in [1.82, 2.24) is 19.9 Å². The number of pyridine rings is 1. The summed E-state index contributed by atoms with van der Waals surface area (Å²) in [6.45, 7) is 4.49. The van der Waals surface area contributed by atoms with E-state index in [0.717, 1.165) is 78.4 Å². The maximum atomic E-state index is 12.8. The van der Waals surface area contributed by atoms with Crippen molar-refractivity contribution in [1.29, 1.82) is 0 Å². The summed E-state index contributed by atoms with van der Waals surface area (Å²) >= 11 is 0. The Labute approximate surface area is 241 Å². The third kappa shape index (κ3) is 6.31. The summed E-state index contributed by atoms with van der Waals surface area (Å²) in [5.41, 5.74) is 5.06. The number of alkyl halides is 3. The lowest BCUT2D eigenvalue weighted by Crippen LogP contribution is -2.46. The Morgan fingerprint density at radius 3 is 2.21 bits per heavy atom. The Balaban J connectivity index is 1.11. The molecule has 5 aromatic rings. The summed E-state index contributed by atoms with van der Waals surface area (Å²) < 4.78 is 38.4. The van der Waals surface area contributed by atoms with Gasteiger partial charge in [-0.3, -0.25) is 19.7 Å². The Morgan fingerprint density at radius 1 is 0.786 bits per heavy atom. The standard InChI is InChI=1S/C33H28F3N5O/c34-33(35,36)28-10-7-26(8-11-28)31(42)18-23-3-5-25(6-4-23)27-9-12-29-30(19-27)39-32(21-38-29)41-16-14-40(15-17-41)22-24-2-1-13-37-20-24/h1-13,19-21H,14-18,22H2. The second-order valence-electron chi connectivity index (χ2n) is 10.4. The van der Waals surface area contributed by atoms with Crippen LogP contribution in [0.4, 0.5) is 19.0 Å². The average molecular weight is 568 g/mol. The number of anilines is 1.